The Bertz CT molecular complexity index is 139. The van der Waals surface area contributed by atoms with Crippen LogP contribution in [0.15, 0.2) is 0 Å². The Kier molecular flexibility index (Phi) is 3.26. The molecule has 76 valence electrons. The zero-order valence-corrected chi connectivity index (χ0v) is 8.80. The third-order valence-electron chi connectivity index (χ3n) is 3.91. The monoisotopic (exact) mass is 182 g/mol. The molecule has 0 radical (unpaired) electrons. The summed E-state index contributed by atoms with van der Waals surface area (Å²) in [7, 11) is 0. The van der Waals surface area contributed by atoms with Crippen molar-refractivity contribution in [3.63, 3.8) is 0 Å². The fraction of sp³-hybridized carbons (Fsp3) is 1.00. The van der Waals surface area contributed by atoms with Crippen molar-refractivity contribution in [2.75, 3.05) is 6.61 Å². The van der Waals surface area contributed by atoms with Gasteiger partial charge >= 0.3 is 0 Å². The molecular weight excluding hydrogens is 160 g/mol. The Labute approximate surface area is 81.9 Å². The summed E-state index contributed by atoms with van der Waals surface area (Å²) in [4.78, 5) is 0. The van der Waals surface area contributed by atoms with Crippen LogP contribution in [0, 0.1) is 11.8 Å². The van der Waals surface area contributed by atoms with Gasteiger partial charge < -0.3 is 4.74 Å². The van der Waals surface area contributed by atoms with Gasteiger partial charge in [0.1, 0.15) is 0 Å². The van der Waals surface area contributed by atoms with E-state index in [1.165, 1.54) is 44.9 Å². The summed E-state index contributed by atoms with van der Waals surface area (Å²) in [6.45, 7) is 3.33. The minimum Gasteiger partial charge on any atom is -0.378 e. The van der Waals surface area contributed by atoms with Crippen LogP contribution in [0.2, 0.25) is 0 Å². The molecule has 0 bridgehead atoms. The van der Waals surface area contributed by atoms with Gasteiger partial charge in [-0.3, -0.25) is 0 Å². The zero-order valence-electron chi connectivity index (χ0n) is 8.80. The molecule has 3 atom stereocenters. The van der Waals surface area contributed by atoms with E-state index in [0.29, 0.717) is 6.10 Å². The average molecular weight is 182 g/mol. The van der Waals surface area contributed by atoms with E-state index in [0.717, 1.165) is 18.4 Å². The molecular formula is C12H22O. The number of hydrogen-bond acceptors (Lipinski definition) is 1. The second kappa shape index (κ2) is 4.45. The van der Waals surface area contributed by atoms with Crippen molar-refractivity contribution in [3.8, 4) is 0 Å². The predicted octanol–water partition coefficient (Wildman–Crippen LogP) is 3.38. The Balaban J connectivity index is 1.91. The first kappa shape index (κ1) is 9.51. The maximum absolute atomic E-state index is 6.01. The molecule has 3 unspecified atom stereocenters. The molecule has 2 rings (SSSR count). The van der Waals surface area contributed by atoms with Crippen molar-refractivity contribution in [1.82, 2.24) is 0 Å². The van der Waals surface area contributed by atoms with Crippen LogP contribution in [0.3, 0.4) is 0 Å². The standard InChI is InChI=1S/C12H22O/c1-2-10-7-8-11-5-3-4-6-12(11)13-9-10/h10-12H,2-9H2,1H3. The van der Waals surface area contributed by atoms with E-state index in [9.17, 15) is 0 Å². The quantitative estimate of drug-likeness (QED) is 0.604. The Morgan fingerprint density at radius 3 is 2.77 bits per heavy atom. The molecule has 2 fully saturated rings. The highest BCUT2D eigenvalue weighted by Gasteiger charge is 2.29. The van der Waals surface area contributed by atoms with Crippen LogP contribution >= 0.6 is 0 Å². The highest BCUT2D eigenvalue weighted by molar-refractivity contribution is 4.79. The summed E-state index contributed by atoms with van der Waals surface area (Å²) in [6.07, 6.45) is 10.4. The van der Waals surface area contributed by atoms with E-state index in [1.54, 1.807) is 0 Å². The summed E-state index contributed by atoms with van der Waals surface area (Å²) in [5.74, 6) is 1.76. The van der Waals surface area contributed by atoms with Crippen molar-refractivity contribution >= 4 is 0 Å². The molecule has 1 aliphatic heterocycles. The number of hydrogen-bond donors (Lipinski definition) is 0. The molecule has 1 nitrogen and oxygen atoms in total. The SMILES string of the molecule is CCC1CCC2CCCCC2OC1. The molecule has 0 N–H and O–H groups in total. The summed E-state index contributed by atoms with van der Waals surface area (Å²) >= 11 is 0. The van der Waals surface area contributed by atoms with E-state index in [1.807, 2.05) is 0 Å². The maximum atomic E-state index is 6.01. The molecule has 0 aromatic carbocycles. The smallest absolute Gasteiger partial charge is 0.0603 e. The van der Waals surface area contributed by atoms with Gasteiger partial charge in [0.05, 0.1) is 6.10 Å². The van der Waals surface area contributed by atoms with Gasteiger partial charge in [-0.25, -0.2) is 0 Å². The van der Waals surface area contributed by atoms with Crippen LogP contribution in [0.4, 0.5) is 0 Å². The van der Waals surface area contributed by atoms with Crippen LogP contribution in [0.25, 0.3) is 0 Å². The molecule has 0 spiro atoms. The highest BCUT2D eigenvalue weighted by Crippen LogP contribution is 2.34. The van der Waals surface area contributed by atoms with Crippen molar-refractivity contribution in [1.29, 1.82) is 0 Å². The topological polar surface area (TPSA) is 9.23 Å². The molecule has 1 heteroatoms. The lowest BCUT2D eigenvalue weighted by atomic mass is 9.83. The Morgan fingerprint density at radius 1 is 1.08 bits per heavy atom. The third-order valence-corrected chi connectivity index (χ3v) is 3.91. The van der Waals surface area contributed by atoms with Gasteiger partial charge in [0, 0.05) is 6.61 Å². The van der Waals surface area contributed by atoms with Gasteiger partial charge in [0.15, 0.2) is 0 Å². The van der Waals surface area contributed by atoms with Gasteiger partial charge in [-0.1, -0.05) is 26.2 Å². The zero-order chi connectivity index (χ0) is 9.10. The normalized spacial score (nSPS) is 40.8. The first-order valence-corrected chi connectivity index (χ1v) is 6.01. The van der Waals surface area contributed by atoms with E-state index in [-0.39, 0.29) is 0 Å². The van der Waals surface area contributed by atoms with Crippen molar-refractivity contribution < 1.29 is 4.74 Å². The summed E-state index contributed by atoms with van der Waals surface area (Å²) in [6, 6.07) is 0. The molecule has 0 aromatic rings. The fourth-order valence-electron chi connectivity index (χ4n) is 2.84. The molecule has 1 saturated heterocycles. The lowest BCUT2D eigenvalue weighted by molar-refractivity contribution is -0.00854. The molecule has 0 amide bonds. The van der Waals surface area contributed by atoms with E-state index in [4.69, 9.17) is 4.74 Å². The van der Waals surface area contributed by atoms with Crippen molar-refractivity contribution in [2.24, 2.45) is 11.8 Å². The highest BCUT2D eigenvalue weighted by atomic mass is 16.5. The summed E-state index contributed by atoms with van der Waals surface area (Å²) in [5, 5.41) is 0. The van der Waals surface area contributed by atoms with Crippen LogP contribution in [-0.2, 0) is 4.74 Å². The first-order chi connectivity index (χ1) is 6.40. The first-order valence-electron chi connectivity index (χ1n) is 6.01. The van der Waals surface area contributed by atoms with Gasteiger partial charge in [-0.15, -0.1) is 0 Å². The summed E-state index contributed by atoms with van der Waals surface area (Å²) < 4.78 is 6.01. The van der Waals surface area contributed by atoms with Crippen LogP contribution < -0.4 is 0 Å². The minimum atomic E-state index is 0.630. The van der Waals surface area contributed by atoms with E-state index < -0.39 is 0 Å². The fourth-order valence-corrected chi connectivity index (χ4v) is 2.84. The van der Waals surface area contributed by atoms with Gasteiger partial charge in [0.2, 0.25) is 0 Å². The second-order valence-electron chi connectivity index (χ2n) is 4.77. The van der Waals surface area contributed by atoms with Gasteiger partial charge in [0.25, 0.3) is 0 Å². The third kappa shape index (κ3) is 2.25. The van der Waals surface area contributed by atoms with Crippen LogP contribution in [-0.4, -0.2) is 12.7 Å². The Hall–Kier alpha value is -0.0400. The average Bonchev–Trinajstić information content (AvgIpc) is 2.39. The van der Waals surface area contributed by atoms with Crippen LogP contribution in [0.1, 0.15) is 51.9 Å². The molecule has 1 saturated carbocycles. The lowest BCUT2D eigenvalue weighted by Gasteiger charge is -2.29. The van der Waals surface area contributed by atoms with Gasteiger partial charge in [-0.2, -0.15) is 0 Å². The van der Waals surface area contributed by atoms with Crippen molar-refractivity contribution in [3.05, 3.63) is 0 Å². The van der Waals surface area contributed by atoms with Crippen LogP contribution in [0.5, 0.6) is 0 Å². The largest absolute Gasteiger partial charge is 0.378 e. The predicted molar refractivity (Wildman–Crippen MR) is 54.7 cm³/mol. The van der Waals surface area contributed by atoms with E-state index >= 15 is 0 Å². The van der Waals surface area contributed by atoms with Crippen molar-refractivity contribution in [2.45, 2.75) is 58.0 Å². The molecule has 1 aliphatic carbocycles. The van der Waals surface area contributed by atoms with E-state index in [2.05, 4.69) is 6.92 Å². The maximum Gasteiger partial charge on any atom is 0.0603 e. The second-order valence-corrected chi connectivity index (χ2v) is 4.77. The number of rotatable bonds is 1. The Morgan fingerprint density at radius 2 is 1.92 bits per heavy atom. The minimum absolute atomic E-state index is 0.630. The molecule has 1 heterocycles. The molecule has 0 aromatic heterocycles. The molecule has 13 heavy (non-hydrogen) atoms. The molecule has 2 aliphatic rings. The number of ether oxygens (including phenoxy) is 1. The lowest BCUT2D eigenvalue weighted by Crippen LogP contribution is -2.26. The number of fused-ring (bicyclic) bond motifs is 1. The summed E-state index contributed by atoms with van der Waals surface area (Å²) in [5.41, 5.74) is 0. The van der Waals surface area contributed by atoms with Gasteiger partial charge in [-0.05, 0) is 37.5 Å².